The van der Waals surface area contributed by atoms with Crippen LogP contribution in [-0.2, 0) is 4.79 Å². The van der Waals surface area contributed by atoms with Gasteiger partial charge in [-0.25, -0.2) is 4.39 Å². The zero-order chi connectivity index (χ0) is 15.7. The molecule has 0 spiro atoms. The zero-order valence-corrected chi connectivity index (χ0v) is 13.4. The number of likely N-dealkylation sites (N-methyl/N-ethyl adjacent to an activating group) is 1. The average Bonchev–Trinajstić information content (AvgIpc) is 3.13. The van der Waals surface area contributed by atoms with Gasteiger partial charge < -0.3 is 10.6 Å². The van der Waals surface area contributed by atoms with Gasteiger partial charge in [0.15, 0.2) is 0 Å². The van der Waals surface area contributed by atoms with E-state index in [2.05, 4.69) is 15.5 Å². The summed E-state index contributed by atoms with van der Waals surface area (Å²) >= 11 is 5.76. The first-order chi connectivity index (χ1) is 10.6. The van der Waals surface area contributed by atoms with Crippen LogP contribution in [0.2, 0.25) is 5.02 Å². The molecule has 3 unspecified atom stereocenters. The number of amides is 1. The Morgan fingerprint density at radius 2 is 2.27 bits per heavy atom. The molecule has 22 heavy (non-hydrogen) atoms. The van der Waals surface area contributed by atoms with Crippen molar-refractivity contribution in [3.05, 3.63) is 34.6 Å². The molecule has 2 aliphatic heterocycles. The number of nitrogens with zero attached hydrogens (tertiary/aromatic N) is 1. The highest BCUT2D eigenvalue weighted by molar-refractivity contribution is 6.30. The molecule has 0 aliphatic carbocycles. The highest BCUT2D eigenvalue weighted by atomic mass is 35.5. The van der Waals surface area contributed by atoms with Crippen molar-refractivity contribution < 1.29 is 9.18 Å². The van der Waals surface area contributed by atoms with Gasteiger partial charge in [0, 0.05) is 12.6 Å². The molecule has 0 aromatic heterocycles. The largest absolute Gasteiger partial charge is 0.350 e. The number of halogens is 2. The van der Waals surface area contributed by atoms with Crippen LogP contribution in [-0.4, -0.2) is 43.0 Å². The fourth-order valence-electron chi connectivity index (χ4n) is 3.47. The summed E-state index contributed by atoms with van der Waals surface area (Å²) in [7, 11) is 2.00. The highest BCUT2D eigenvalue weighted by Gasteiger charge is 2.35. The third-order valence-corrected chi connectivity index (χ3v) is 4.94. The zero-order valence-electron chi connectivity index (χ0n) is 12.6. The van der Waals surface area contributed by atoms with Gasteiger partial charge in [-0.1, -0.05) is 17.7 Å². The second kappa shape index (κ2) is 6.52. The first-order valence-electron chi connectivity index (χ1n) is 7.75. The number of nitrogens with one attached hydrogen (secondary N) is 2. The van der Waals surface area contributed by atoms with E-state index in [0.717, 1.165) is 37.9 Å². The van der Waals surface area contributed by atoms with Crippen LogP contribution >= 0.6 is 11.6 Å². The normalized spacial score (nSPS) is 29.0. The van der Waals surface area contributed by atoms with Gasteiger partial charge in [0.25, 0.3) is 0 Å². The van der Waals surface area contributed by atoms with Crippen molar-refractivity contribution in [3.63, 3.8) is 0 Å². The Balaban J connectivity index is 1.75. The SMILES string of the molecule is CN1CCC(NC(=O)C2CCCN2)C1c1ccc(Cl)c(F)c1. The number of rotatable bonds is 3. The number of hydrogen-bond acceptors (Lipinski definition) is 3. The molecule has 3 rings (SSSR count). The summed E-state index contributed by atoms with van der Waals surface area (Å²) in [6.07, 6.45) is 2.78. The summed E-state index contributed by atoms with van der Waals surface area (Å²) in [5.41, 5.74) is 0.853. The summed E-state index contributed by atoms with van der Waals surface area (Å²) in [6, 6.07) is 4.79. The van der Waals surface area contributed by atoms with Gasteiger partial charge in [-0.3, -0.25) is 9.69 Å². The highest BCUT2D eigenvalue weighted by Crippen LogP contribution is 2.32. The number of benzene rings is 1. The Labute approximate surface area is 135 Å². The van der Waals surface area contributed by atoms with Gasteiger partial charge in [-0.15, -0.1) is 0 Å². The molecular weight excluding hydrogens is 305 g/mol. The van der Waals surface area contributed by atoms with Gasteiger partial charge in [0.05, 0.1) is 17.1 Å². The lowest BCUT2D eigenvalue weighted by atomic mass is 9.99. The van der Waals surface area contributed by atoms with Crippen LogP contribution in [0.3, 0.4) is 0 Å². The molecule has 1 aromatic rings. The molecule has 4 nitrogen and oxygen atoms in total. The molecule has 3 atom stereocenters. The van der Waals surface area contributed by atoms with E-state index in [9.17, 15) is 9.18 Å². The minimum Gasteiger partial charge on any atom is -0.350 e. The molecular formula is C16H21ClFN3O. The second-order valence-corrected chi connectivity index (χ2v) is 6.56. The van der Waals surface area contributed by atoms with Crippen LogP contribution < -0.4 is 10.6 Å². The quantitative estimate of drug-likeness (QED) is 0.894. The summed E-state index contributed by atoms with van der Waals surface area (Å²) < 4.78 is 13.7. The summed E-state index contributed by atoms with van der Waals surface area (Å²) in [5, 5.41) is 6.47. The predicted molar refractivity (Wildman–Crippen MR) is 84.4 cm³/mol. The Morgan fingerprint density at radius 3 is 2.95 bits per heavy atom. The molecule has 2 saturated heterocycles. The van der Waals surface area contributed by atoms with Crippen molar-refractivity contribution in [3.8, 4) is 0 Å². The molecule has 1 aromatic carbocycles. The first-order valence-corrected chi connectivity index (χ1v) is 8.13. The lowest BCUT2D eigenvalue weighted by Gasteiger charge is -2.27. The van der Waals surface area contributed by atoms with Crippen molar-refractivity contribution >= 4 is 17.5 Å². The topological polar surface area (TPSA) is 44.4 Å². The molecule has 2 fully saturated rings. The molecule has 120 valence electrons. The van der Waals surface area contributed by atoms with Gasteiger partial charge in [-0.2, -0.15) is 0 Å². The molecule has 0 saturated carbocycles. The van der Waals surface area contributed by atoms with E-state index >= 15 is 0 Å². The average molecular weight is 326 g/mol. The van der Waals surface area contributed by atoms with Crippen LogP contribution in [0.1, 0.15) is 30.9 Å². The molecule has 2 aliphatic rings. The maximum Gasteiger partial charge on any atom is 0.237 e. The molecule has 1 amide bonds. The van der Waals surface area contributed by atoms with E-state index in [1.165, 1.54) is 6.07 Å². The fourth-order valence-corrected chi connectivity index (χ4v) is 3.59. The van der Waals surface area contributed by atoms with E-state index < -0.39 is 5.82 Å². The van der Waals surface area contributed by atoms with Crippen molar-refractivity contribution in [1.82, 2.24) is 15.5 Å². The van der Waals surface area contributed by atoms with E-state index in [-0.39, 0.29) is 29.1 Å². The Morgan fingerprint density at radius 1 is 1.45 bits per heavy atom. The summed E-state index contributed by atoms with van der Waals surface area (Å²) in [5.74, 6) is -0.362. The molecule has 6 heteroatoms. The van der Waals surface area contributed by atoms with Crippen molar-refractivity contribution in [2.24, 2.45) is 0 Å². The van der Waals surface area contributed by atoms with Crippen molar-refractivity contribution in [2.45, 2.75) is 37.4 Å². The van der Waals surface area contributed by atoms with E-state index in [4.69, 9.17) is 11.6 Å². The van der Waals surface area contributed by atoms with Gasteiger partial charge >= 0.3 is 0 Å². The standard InChI is InChI=1S/C16H21ClFN3O/c1-21-8-6-13(20-16(22)14-3-2-7-19-14)15(21)10-4-5-11(17)12(18)9-10/h4-5,9,13-15,19H,2-3,6-8H2,1H3,(H,20,22). The van der Waals surface area contributed by atoms with Crippen LogP contribution in [0.5, 0.6) is 0 Å². The number of carbonyl (C=O) groups is 1. The number of likely N-dealkylation sites (tertiary alicyclic amines) is 1. The lowest BCUT2D eigenvalue weighted by molar-refractivity contribution is -0.123. The molecule has 0 bridgehead atoms. The van der Waals surface area contributed by atoms with E-state index in [0.29, 0.717) is 0 Å². The van der Waals surface area contributed by atoms with Crippen LogP contribution in [0.25, 0.3) is 0 Å². The van der Waals surface area contributed by atoms with E-state index in [1.54, 1.807) is 6.07 Å². The Kier molecular flexibility index (Phi) is 4.66. The summed E-state index contributed by atoms with van der Waals surface area (Å²) in [6.45, 7) is 1.77. The number of carbonyl (C=O) groups excluding carboxylic acids is 1. The maximum absolute atomic E-state index is 13.7. The van der Waals surface area contributed by atoms with Gasteiger partial charge in [-0.05, 0) is 50.6 Å². The van der Waals surface area contributed by atoms with E-state index in [1.807, 2.05) is 13.1 Å². The van der Waals surface area contributed by atoms with Crippen molar-refractivity contribution in [1.29, 1.82) is 0 Å². The summed E-state index contributed by atoms with van der Waals surface area (Å²) in [4.78, 5) is 14.5. The molecule has 0 radical (unpaired) electrons. The molecule has 2 N–H and O–H groups in total. The van der Waals surface area contributed by atoms with Crippen LogP contribution in [0, 0.1) is 5.82 Å². The van der Waals surface area contributed by atoms with Gasteiger partial charge in [0.1, 0.15) is 5.82 Å². The Bertz CT molecular complexity index is 562. The maximum atomic E-state index is 13.7. The van der Waals surface area contributed by atoms with Crippen LogP contribution in [0.15, 0.2) is 18.2 Å². The third-order valence-electron chi connectivity index (χ3n) is 4.64. The lowest BCUT2D eigenvalue weighted by Crippen LogP contribution is -2.46. The minimum atomic E-state index is -0.415. The second-order valence-electron chi connectivity index (χ2n) is 6.15. The number of hydrogen-bond donors (Lipinski definition) is 2. The first kappa shape index (κ1) is 15.7. The van der Waals surface area contributed by atoms with Crippen molar-refractivity contribution in [2.75, 3.05) is 20.1 Å². The minimum absolute atomic E-state index is 0.000440. The third kappa shape index (κ3) is 3.12. The monoisotopic (exact) mass is 325 g/mol. The molecule has 2 heterocycles. The fraction of sp³-hybridized carbons (Fsp3) is 0.562. The Hall–Kier alpha value is -1.17. The van der Waals surface area contributed by atoms with Gasteiger partial charge in [0.2, 0.25) is 5.91 Å². The smallest absolute Gasteiger partial charge is 0.237 e. The van der Waals surface area contributed by atoms with Crippen LogP contribution in [0.4, 0.5) is 4.39 Å². The predicted octanol–water partition coefficient (Wildman–Crippen LogP) is 2.09.